The van der Waals surface area contributed by atoms with E-state index in [2.05, 4.69) is 54.1 Å². The minimum Gasteiger partial charge on any atom is -0.368 e. The minimum absolute atomic E-state index is 0. The summed E-state index contributed by atoms with van der Waals surface area (Å²) in [5.41, 5.74) is 10.9. The number of carbonyl (C=O) groups is 1. The van der Waals surface area contributed by atoms with Crippen LogP contribution in [0, 0.1) is 13.8 Å². The third-order valence-electron chi connectivity index (χ3n) is 5.45. The smallest absolute Gasteiger partial charge is 0.248 e. The number of benzene rings is 2. The summed E-state index contributed by atoms with van der Waals surface area (Å²) < 4.78 is 0. The maximum atomic E-state index is 11.4. The second-order valence-corrected chi connectivity index (χ2v) is 7.43. The number of halogens is 1. The molecule has 0 aliphatic carbocycles. The largest absolute Gasteiger partial charge is 0.368 e. The zero-order valence-corrected chi connectivity index (χ0v) is 20.3. The van der Waals surface area contributed by atoms with Gasteiger partial charge in [0.15, 0.2) is 5.96 Å². The Balaban J connectivity index is 0.00000320. The van der Waals surface area contributed by atoms with Crippen LogP contribution in [0.3, 0.4) is 0 Å². The lowest BCUT2D eigenvalue weighted by Gasteiger charge is -2.38. The molecule has 2 aromatic rings. The Bertz CT molecular complexity index is 891. The minimum atomic E-state index is -0.412. The van der Waals surface area contributed by atoms with E-state index >= 15 is 0 Å². The molecule has 1 heterocycles. The Morgan fingerprint density at radius 1 is 1.10 bits per heavy atom. The summed E-state index contributed by atoms with van der Waals surface area (Å²) in [4.78, 5) is 21.0. The summed E-state index contributed by atoms with van der Waals surface area (Å²) in [6, 6.07) is 13.9. The fourth-order valence-corrected chi connectivity index (χ4v) is 3.65. The molecule has 162 valence electrons. The molecule has 30 heavy (non-hydrogen) atoms. The van der Waals surface area contributed by atoms with Crippen molar-refractivity contribution in [2.24, 2.45) is 10.7 Å². The molecule has 1 aliphatic rings. The lowest BCUT2D eigenvalue weighted by molar-refractivity contribution is 0.1000. The van der Waals surface area contributed by atoms with Gasteiger partial charge >= 0.3 is 0 Å². The molecule has 1 amide bonds. The van der Waals surface area contributed by atoms with E-state index < -0.39 is 5.91 Å². The van der Waals surface area contributed by atoms with E-state index in [1.807, 2.05) is 18.2 Å². The van der Waals surface area contributed by atoms with Crippen LogP contribution < -0.4 is 16.0 Å². The number of rotatable bonds is 5. The second-order valence-electron chi connectivity index (χ2n) is 7.43. The van der Waals surface area contributed by atoms with Crippen LogP contribution in [-0.4, -0.2) is 49.5 Å². The van der Waals surface area contributed by atoms with Gasteiger partial charge in [-0.05, 0) is 55.7 Å². The standard InChI is InChI=1S/C23H31N5O.HI/c1-4-25-23(26-16-19-8-6-9-20(15-19)22(24)29)28-13-11-27(12-14-28)21-10-5-7-17(2)18(21)3;/h5-10,15H,4,11-14,16H2,1-3H3,(H2,24,29)(H,25,26);1H. The first-order valence-corrected chi connectivity index (χ1v) is 10.2. The van der Waals surface area contributed by atoms with Crippen molar-refractivity contribution in [2.75, 3.05) is 37.6 Å². The number of nitrogens with one attached hydrogen (secondary N) is 1. The molecule has 1 saturated heterocycles. The molecule has 0 unspecified atom stereocenters. The topological polar surface area (TPSA) is 74.0 Å². The van der Waals surface area contributed by atoms with Gasteiger partial charge in [-0.1, -0.05) is 24.3 Å². The van der Waals surface area contributed by atoms with Gasteiger partial charge < -0.3 is 20.9 Å². The van der Waals surface area contributed by atoms with Crippen molar-refractivity contribution < 1.29 is 4.79 Å². The van der Waals surface area contributed by atoms with Crippen molar-refractivity contribution in [3.8, 4) is 0 Å². The van der Waals surface area contributed by atoms with Crippen LogP contribution >= 0.6 is 24.0 Å². The van der Waals surface area contributed by atoms with Gasteiger partial charge in [-0.15, -0.1) is 24.0 Å². The number of carbonyl (C=O) groups excluding carboxylic acids is 1. The lowest BCUT2D eigenvalue weighted by Crippen LogP contribution is -2.52. The highest BCUT2D eigenvalue weighted by Crippen LogP contribution is 2.23. The number of hydrogen-bond acceptors (Lipinski definition) is 3. The van der Waals surface area contributed by atoms with Crippen LogP contribution in [0.2, 0.25) is 0 Å². The molecule has 1 fully saturated rings. The highest BCUT2D eigenvalue weighted by Gasteiger charge is 2.21. The summed E-state index contributed by atoms with van der Waals surface area (Å²) in [5, 5.41) is 3.40. The molecule has 3 N–H and O–H groups in total. The Morgan fingerprint density at radius 3 is 2.47 bits per heavy atom. The number of aryl methyl sites for hydroxylation is 1. The van der Waals surface area contributed by atoms with Crippen molar-refractivity contribution >= 4 is 41.5 Å². The van der Waals surface area contributed by atoms with Crippen molar-refractivity contribution in [3.05, 3.63) is 64.7 Å². The van der Waals surface area contributed by atoms with E-state index in [1.165, 1.54) is 16.8 Å². The number of nitrogens with two attached hydrogens (primary N) is 1. The monoisotopic (exact) mass is 521 g/mol. The predicted octanol–water partition coefficient (Wildman–Crippen LogP) is 3.31. The molecule has 0 spiro atoms. The van der Waals surface area contributed by atoms with Crippen molar-refractivity contribution in [1.82, 2.24) is 10.2 Å². The van der Waals surface area contributed by atoms with Crippen LogP contribution in [0.4, 0.5) is 5.69 Å². The molecular weight excluding hydrogens is 489 g/mol. The maximum Gasteiger partial charge on any atom is 0.248 e. The normalized spacial score (nSPS) is 14.3. The molecule has 1 aliphatic heterocycles. The third kappa shape index (κ3) is 5.87. The van der Waals surface area contributed by atoms with E-state index in [4.69, 9.17) is 10.7 Å². The van der Waals surface area contributed by atoms with Gasteiger partial charge in [0.1, 0.15) is 0 Å². The molecule has 3 rings (SSSR count). The number of piperazine rings is 1. The van der Waals surface area contributed by atoms with Gasteiger partial charge in [-0.25, -0.2) is 4.99 Å². The molecule has 0 aromatic heterocycles. The highest BCUT2D eigenvalue weighted by molar-refractivity contribution is 14.0. The van der Waals surface area contributed by atoms with E-state index in [-0.39, 0.29) is 24.0 Å². The fraction of sp³-hybridized carbons (Fsp3) is 0.391. The summed E-state index contributed by atoms with van der Waals surface area (Å²) in [5.74, 6) is 0.503. The van der Waals surface area contributed by atoms with E-state index in [0.29, 0.717) is 12.1 Å². The van der Waals surface area contributed by atoms with Gasteiger partial charge in [-0.2, -0.15) is 0 Å². The zero-order valence-electron chi connectivity index (χ0n) is 18.0. The Labute approximate surface area is 196 Å². The van der Waals surface area contributed by atoms with Crippen LogP contribution in [-0.2, 0) is 6.54 Å². The molecule has 0 atom stereocenters. The Hall–Kier alpha value is -2.29. The molecule has 6 nitrogen and oxygen atoms in total. The molecule has 7 heteroatoms. The number of amides is 1. The molecular formula is C23H32IN5O. The Morgan fingerprint density at radius 2 is 1.80 bits per heavy atom. The summed E-state index contributed by atoms with van der Waals surface area (Å²) in [6.45, 7) is 11.5. The van der Waals surface area contributed by atoms with E-state index in [9.17, 15) is 4.79 Å². The van der Waals surface area contributed by atoms with Crippen LogP contribution in [0.25, 0.3) is 0 Å². The average molecular weight is 521 g/mol. The van der Waals surface area contributed by atoms with Crippen molar-refractivity contribution in [2.45, 2.75) is 27.3 Å². The van der Waals surface area contributed by atoms with Crippen molar-refractivity contribution in [1.29, 1.82) is 0 Å². The lowest BCUT2D eigenvalue weighted by atomic mass is 10.1. The van der Waals surface area contributed by atoms with Crippen molar-refractivity contribution in [3.63, 3.8) is 0 Å². The summed E-state index contributed by atoms with van der Waals surface area (Å²) in [7, 11) is 0. The Kier molecular flexibility index (Phi) is 8.95. The molecule has 2 aromatic carbocycles. The number of nitrogens with zero attached hydrogens (tertiary/aromatic N) is 3. The van der Waals surface area contributed by atoms with Gasteiger partial charge in [0.25, 0.3) is 0 Å². The number of guanidine groups is 1. The van der Waals surface area contributed by atoms with Gasteiger partial charge in [-0.3, -0.25) is 4.79 Å². The van der Waals surface area contributed by atoms with Gasteiger partial charge in [0, 0.05) is 44.0 Å². The third-order valence-corrected chi connectivity index (χ3v) is 5.45. The number of anilines is 1. The zero-order chi connectivity index (χ0) is 20.8. The molecule has 0 radical (unpaired) electrons. The van der Waals surface area contributed by atoms with Crippen LogP contribution in [0.15, 0.2) is 47.5 Å². The van der Waals surface area contributed by atoms with E-state index in [1.54, 1.807) is 6.07 Å². The van der Waals surface area contributed by atoms with Gasteiger partial charge in [0.2, 0.25) is 5.91 Å². The van der Waals surface area contributed by atoms with Crippen LogP contribution in [0.1, 0.15) is 34.0 Å². The summed E-state index contributed by atoms with van der Waals surface area (Å²) in [6.07, 6.45) is 0. The first-order chi connectivity index (χ1) is 14.0. The van der Waals surface area contributed by atoms with Crippen LogP contribution in [0.5, 0.6) is 0 Å². The second kappa shape index (κ2) is 11.2. The summed E-state index contributed by atoms with van der Waals surface area (Å²) >= 11 is 0. The van der Waals surface area contributed by atoms with E-state index in [0.717, 1.165) is 44.2 Å². The highest BCUT2D eigenvalue weighted by atomic mass is 127. The quantitative estimate of drug-likeness (QED) is 0.360. The number of primary amides is 1. The average Bonchev–Trinajstić information content (AvgIpc) is 2.73. The maximum absolute atomic E-state index is 11.4. The predicted molar refractivity (Wildman–Crippen MR) is 135 cm³/mol. The SMILES string of the molecule is CCNC(=NCc1cccc(C(N)=O)c1)N1CCN(c2cccc(C)c2C)CC1.I. The molecule has 0 saturated carbocycles. The molecule has 0 bridgehead atoms. The first kappa shape index (κ1) is 24.0. The first-order valence-electron chi connectivity index (χ1n) is 10.2. The fourth-order valence-electron chi connectivity index (χ4n) is 3.65. The van der Waals surface area contributed by atoms with Gasteiger partial charge in [0.05, 0.1) is 6.54 Å². The number of hydrogen-bond donors (Lipinski definition) is 2. The number of aliphatic imine (C=N–C) groups is 1.